The van der Waals surface area contributed by atoms with E-state index in [1.165, 1.54) is 0 Å². The third-order valence-electron chi connectivity index (χ3n) is 3.67. The van der Waals surface area contributed by atoms with Crippen molar-refractivity contribution in [3.63, 3.8) is 0 Å². The first kappa shape index (κ1) is 20.0. The number of methoxy groups -OCH3 is 3. The first-order valence-corrected chi connectivity index (χ1v) is 8.53. The maximum Gasteiger partial charge on any atom is 0.319 e. The summed E-state index contributed by atoms with van der Waals surface area (Å²) in [6, 6.07) is 8.22. The number of hydrogen-bond donors (Lipinski definition) is 2. The summed E-state index contributed by atoms with van der Waals surface area (Å²) < 4.78 is 15.9. The van der Waals surface area contributed by atoms with Gasteiger partial charge in [0.05, 0.1) is 37.1 Å². The molecule has 2 rings (SSSR count). The number of anilines is 1. The number of nitrogens with one attached hydrogen (secondary N) is 2. The van der Waals surface area contributed by atoms with Gasteiger partial charge in [-0.15, -0.1) is 0 Å². The number of rotatable bonds is 7. The Morgan fingerprint density at radius 3 is 2.31 bits per heavy atom. The smallest absolute Gasteiger partial charge is 0.319 e. The summed E-state index contributed by atoms with van der Waals surface area (Å²) >= 11 is 12.0. The lowest BCUT2D eigenvalue weighted by Crippen LogP contribution is -2.30. The standard InChI is InChI=1S/C18H20Cl2N2O4/c1-24-14-10-16(26-3)15(25-2)9-11(14)7-8-21-18(23)22-13-6-4-5-12(19)17(13)20/h4-6,9-10H,7-8H2,1-3H3,(H2,21,22,23). The Balaban J connectivity index is 1.98. The molecule has 0 aliphatic rings. The summed E-state index contributed by atoms with van der Waals surface area (Å²) in [5, 5.41) is 6.10. The summed E-state index contributed by atoms with van der Waals surface area (Å²) in [6.07, 6.45) is 0.542. The van der Waals surface area contributed by atoms with Crippen molar-refractivity contribution < 1.29 is 19.0 Å². The minimum absolute atomic E-state index is 0.297. The van der Waals surface area contributed by atoms with Crippen LogP contribution in [-0.4, -0.2) is 33.9 Å². The molecule has 0 aliphatic heterocycles. The lowest BCUT2D eigenvalue weighted by Gasteiger charge is -2.14. The van der Waals surface area contributed by atoms with Crippen molar-refractivity contribution in [1.82, 2.24) is 5.32 Å². The maximum atomic E-state index is 12.0. The van der Waals surface area contributed by atoms with Crippen LogP contribution in [0.1, 0.15) is 5.56 Å². The fourth-order valence-corrected chi connectivity index (χ4v) is 2.71. The predicted molar refractivity (Wildman–Crippen MR) is 103 cm³/mol. The van der Waals surface area contributed by atoms with Crippen LogP contribution in [0.15, 0.2) is 30.3 Å². The van der Waals surface area contributed by atoms with Crippen molar-refractivity contribution in [3.05, 3.63) is 45.9 Å². The molecule has 0 radical (unpaired) electrons. The molecule has 2 aromatic carbocycles. The minimum Gasteiger partial charge on any atom is -0.496 e. The summed E-state index contributed by atoms with van der Waals surface area (Å²) in [7, 11) is 4.70. The van der Waals surface area contributed by atoms with Crippen LogP contribution in [0.2, 0.25) is 10.0 Å². The molecule has 0 bridgehead atoms. The number of carbonyl (C=O) groups is 1. The van der Waals surface area contributed by atoms with Crippen molar-refractivity contribution in [1.29, 1.82) is 0 Å². The van der Waals surface area contributed by atoms with Gasteiger partial charge in [-0.2, -0.15) is 0 Å². The van der Waals surface area contributed by atoms with Gasteiger partial charge in [-0.1, -0.05) is 29.3 Å². The lowest BCUT2D eigenvalue weighted by atomic mass is 10.1. The Kier molecular flexibility index (Phi) is 7.24. The van der Waals surface area contributed by atoms with Gasteiger partial charge in [0.25, 0.3) is 0 Å². The van der Waals surface area contributed by atoms with E-state index >= 15 is 0 Å². The van der Waals surface area contributed by atoms with E-state index in [9.17, 15) is 4.79 Å². The fraction of sp³-hybridized carbons (Fsp3) is 0.278. The second kappa shape index (κ2) is 9.40. The molecule has 0 aliphatic carbocycles. The number of halogens is 2. The second-order valence-electron chi connectivity index (χ2n) is 5.25. The average Bonchev–Trinajstić information content (AvgIpc) is 2.64. The van der Waals surface area contributed by atoms with Gasteiger partial charge in [0.2, 0.25) is 0 Å². The molecule has 0 unspecified atom stereocenters. The van der Waals surface area contributed by atoms with Gasteiger partial charge in [-0.3, -0.25) is 0 Å². The number of carbonyl (C=O) groups excluding carboxylic acids is 1. The van der Waals surface area contributed by atoms with Gasteiger partial charge in [0.15, 0.2) is 11.5 Å². The highest BCUT2D eigenvalue weighted by molar-refractivity contribution is 6.43. The molecule has 0 fully saturated rings. The molecule has 0 saturated heterocycles. The molecule has 0 spiro atoms. The summed E-state index contributed by atoms with van der Waals surface area (Å²) in [6.45, 7) is 0.385. The minimum atomic E-state index is -0.381. The Bertz CT molecular complexity index is 784. The number of hydrogen-bond acceptors (Lipinski definition) is 4. The summed E-state index contributed by atoms with van der Waals surface area (Å²) in [4.78, 5) is 12.0. The van der Waals surface area contributed by atoms with Gasteiger partial charge < -0.3 is 24.8 Å². The van der Waals surface area contributed by atoms with Crippen LogP contribution in [0, 0.1) is 0 Å². The molecule has 2 aromatic rings. The van der Waals surface area contributed by atoms with Crippen LogP contribution in [0.5, 0.6) is 17.2 Å². The monoisotopic (exact) mass is 398 g/mol. The zero-order chi connectivity index (χ0) is 19.1. The van der Waals surface area contributed by atoms with Crippen LogP contribution in [-0.2, 0) is 6.42 Å². The van der Waals surface area contributed by atoms with Gasteiger partial charge in [0, 0.05) is 12.6 Å². The van der Waals surface area contributed by atoms with E-state index in [0.717, 1.165) is 5.56 Å². The van der Waals surface area contributed by atoms with Gasteiger partial charge in [-0.25, -0.2) is 4.79 Å². The molecule has 0 aromatic heterocycles. The van der Waals surface area contributed by atoms with E-state index in [0.29, 0.717) is 45.9 Å². The Morgan fingerprint density at radius 1 is 1.00 bits per heavy atom. The first-order valence-electron chi connectivity index (χ1n) is 7.78. The third kappa shape index (κ3) is 4.86. The van der Waals surface area contributed by atoms with Gasteiger partial charge in [-0.05, 0) is 30.2 Å². The molecule has 0 saturated carbocycles. The molecule has 0 heterocycles. The number of amides is 2. The van der Waals surface area contributed by atoms with E-state index in [-0.39, 0.29) is 6.03 Å². The zero-order valence-electron chi connectivity index (χ0n) is 14.7. The second-order valence-corrected chi connectivity index (χ2v) is 6.04. The zero-order valence-corrected chi connectivity index (χ0v) is 16.2. The van der Waals surface area contributed by atoms with Gasteiger partial charge in [0.1, 0.15) is 5.75 Å². The normalized spacial score (nSPS) is 10.2. The van der Waals surface area contributed by atoms with Crippen LogP contribution >= 0.6 is 23.2 Å². The predicted octanol–water partition coefficient (Wildman–Crippen LogP) is 4.38. The van der Waals surface area contributed by atoms with Crippen LogP contribution < -0.4 is 24.8 Å². The van der Waals surface area contributed by atoms with Crippen LogP contribution in [0.3, 0.4) is 0 Å². The van der Waals surface area contributed by atoms with E-state index in [4.69, 9.17) is 37.4 Å². The van der Waals surface area contributed by atoms with E-state index in [2.05, 4.69) is 10.6 Å². The fourth-order valence-electron chi connectivity index (χ4n) is 2.37. The Morgan fingerprint density at radius 2 is 1.65 bits per heavy atom. The van der Waals surface area contributed by atoms with Crippen LogP contribution in [0.25, 0.3) is 0 Å². The van der Waals surface area contributed by atoms with Crippen molar-refractivity contribution in [2.24, 2.45) is 0 Å². The maximum absolute atomic E-state index is 12.0. The molecule has 8 heteroatoms. The van der Waals surface area contributed by atoms with Crippen molar-refractivity contribution in [2.75, 3.05) is 33.2 Å². The topological polar surface area (TPSA) is 68.8 Å². The SMILES string of the molecule is COc1cc(OC)c(OC)cc1CCNC(=O)Nc1cccc(Cl)c1Cl. The molecule has 6 nitrogen and oxygen atoms in total. The summed E-state index contributed by atoms with van der Waals surface area (Å²) in [5.41, 5.74) is 1.33. The highest BCUT2D eigenvalue weighted by atomic mass is 35.5. The lowest BCUT2D eigenvalue weighted by molar-refractivity contribution is 0.252. The number of benzene rings is 2. The number of urea groups is 1. The Labute approximate surface area is 162 Å². The van der Waals surface area contributed by atoms with E-state index in [1.807, 2.05) is 6.07 Å². The van der Waals surface area contributed by atoms with Crippen molar-refractivity contribution in [2.45, 2.75) is 6.42 Å². The van der Waals surface area contributed by atoms with Crippen molar-refractivity contribution >= 4 is 34.9 Å². The molecular formula is C18H20Cl2N2O4. The highest BCUT2D eigenvalue weighted by Crippen LogP contribution is 2.34. The van der Waals surface area contributed by atoms with Gasteiger partial charge >= 0.3 is 6.03 Å². The molecule has 140 valence electrons. The quantitative estimate of drug-likeness (QED) is 0.725. The Hall–Kier alpha value is -2.31. The highest BCUT2D eigenvalue weighted by Gasteiger charge is 2.12. The molecule has 2 amide bonds. The average molecular weight is 399 g/mol. The largest absolute Gasteiger partial charge is 0.496 e. The van der Waals surface area contributed by atoms with E-state index in [1.54, 1.807) is 45.6 Å². The molecule has 2 N–H and O–H groups in total. The summed E-state index contributed by atoms with van der Waals surface area (Å²) in [5.74, 6) is 1.83. The molecule has 26 heavy (non-hydrogen) atoms. The number of ether oxygens (including phenoxy) is 3. The first-order chi connectivity index (χ1) is 12.5. The van der Waals surface area contributed by atoms with Crippen molar-refractivity contribution in [3.8, 4) is 17.2 Å². The van der Waals surface area contributed by atoms with Crippen LogP contribution in [0.4, 0.5) is 10.5 Å². The third-order valence-corrected chi connectivity index (χ3v) is 4.49. The molecule has 0 atom stereocenters. The van der Waals surface area contributed by atoms with E-state index < -0.39 is 0 Å². The molecular weight excluding hydrogens is 379 g/mol.